The molecule has 4 N–H and O–H groups in total. The lowest BCUT2D eigenvalue weighted by Gasteiger charge is -2.31. The van der Waals surface area contributed by atoms with E-state index in [1.807, 2.05) is 46.4 Å². The summed E-state index contributed by atoms with van der Waals surface area (Å²) in [7, 11) is -32.7. The summed E-state index contributed by atoms with van der Waals surface area (Å²) in [6.45, 7) is 37.7. The molecule has 0 aromatic heterocycles. The fourth-order valence-corrected chi connectivity index (χ4v) is 18.5. The van der Waals surface area contributed by atoms with Gasteiger partial charge in [0, 0.05) is 98.7 Å². The Bertz CT molecular complexity index is 5160. The molecule has 0 aromatic carbocycles. The van der Waals surface area contributed by atoms with E-state index in [0.29, 0.717) is 37.2 Å². The van der Waals surface area contributed by atoms with Crippen LogP contribution in [0.5, 0.6) is 0 Å². The van der Waals surface area contributed by atoms with Crippen molar-refractivity contribution in [2.75, 3.05) is 171 Å². The number of amides is 4. The van der Waals surface area contributed by atoms with Crippen LogP contribution in [-0.4, -0.2) is 408 Å². The molecule has 0 saturated carbocycles. The molecule has 0 aromatic rings. The lowest BCUT2D eigenvalue weighted by molar-refractivity contribution is -0.0162. The second kappa shape index (κ2) is 53.9. The monoisotopic (exact) mass is 2140 g/mol. The zero-order chi connectivity index (χ0) is 106. The predicted octanol–water partition coefficient (Wildman–Crippen LogP) is -0.631. The molecule has 0 aliphatic heterocycles. The minimum Gasteiger partial charge on any atom is -0.443 e. The van der Waals surface area contributed by atoms with Gasteiger partial charge in [-0.05, 0) is 166 Å². The Morgan fingerprint density at radius 1 is 0.273 bits per heavy atom. The van der Waals surface area contributed by atoms with Gasteiger partial charge >= 0.3 is 24.4 Å². The lowest BCUT2D eigenvalue weighted by Crippen LogP contribution is -2.53. The van der Waals surface area contributed by atoms with E-state index < -0.39 is 196 Å². The van der Waals surface area contributed by atoms with Crippen LogP contribution in [0.2, 0.25) is 0 Å². The molecule has 68 heteroatoms. The number of sulfonamides is 14. The molecule has 0 aliphatic carbocycles. The van der Waals surface area contributed by atoms with Crippen LogP contribution >= 0.6 is 0 Å². The topological polar surface area (TPSA) is 677 Å². The Kier molecular flexibility index (Phi) is 59.7. The van der Waals surface area contributed by atoms with Gasteiger partial charge in [-0.15, -0.1) is 54.2 Å². The highest BCUT2D eigenvalue weighted by molar-refractivity contribution is 7.95. The van der Waals surface area contributed by atoms with E-state index >= 15 is 0 Å². The molecule has 0 spiro atoms. The van der Waals surface area contributed by atoms with Crippen molar-refractivity contribution in [1.82, 2.24) is 83.5 Å². The molecule has 0 atom stereocenters. The van der Waals surface area contributed by atoms with Crippen LogP contribution in [0.4, 0.5) is 19.2 Å². The standard InChI is InChI=1S/C10H22N2O6S2.C9H22N2O4S2.C8H18N2O6S2.C8H18N2O2.C7H16N2O2.C6H16N2O4S2.C5H14N2O4S2.C4H12N2O4S2.C3H10N2O4S2/c1-7-19(14,15)11(6)12(20(16,17)8-2)9(13)18-10(3,4)5;1-8(2,3)16(12,13)10-11(7)17(14,15)9(4,5)6;1-8(2,3)16-7(11)10(18(6,14)15)9(4)17(5,12)13;1-8(2,3)12-7(11)10(6)9(4)5;1-7(2,3)11-6(10)8-9(4)5;1-5-13(9,10)7(3)8(4)14(11,12)6-2;1-4-12(8,9)6-7(3)13(10,11)5-2;1-5(11(3,7)8)6(2)12(4,9)10;1-5(11(3,8)9)4-10(2,6)7/h7-8H2,1-6H3;10H,1-7H3;1-6H3;1-6H3;1-5H3,(H,8,10);5-6H2,1-4H3;6H,4-5H2,1-3H3;1-4H3;4H,1-3H3. The van der Waals surface area contributed by atoms with E-state index in [9.17, 15) is 137 Å². The molecule has 0 aliphatic rings. The molecule has 0 fully saturated rings. The molecule has 0 radical (unpaired) electrons. The normalized spacial score (nSPS) is 13.5. The van der Waals surface area contributed by atoms with E-state index in [1.165, 1.54) is 135 Å². The molecule has 778 valence electrons. The minimum atomic E-state index is -4.12. The van der Waals surface area contributed by atoms with Gasteiger partial charge in [0.05, 0.1) is 81.5 Å². The second-order valence-corrected chi connectivity index (χ2v) is 62.2. The van der Waals surface area contributed by atoms with Crippen molar-refractivity contribution in [2.45, 2.75) is 198 Å². The van der Waals surface area contributed by atoms with Crippen LogP contribution in [-0.2, 0) is 159 Å². The zero-order valence-corrected chi connectivity index (χ0v) is 93.3. The number of carbonyl (C=O) groups excluding carboxylic acids is 4. The highest BCUT2D eigenvalue weighted by Crippen LogP contribution is 2.22. The van der Waals surface area contributed by atoms with Gasteiger partial charge in [-0.25, -0.2) is 152 Å². The van der Waals surface area contributed by atoms with Crippen molar-refractivity contribution >= 4 is 165 Å². The number of hydrogen-bond donors (Lipinski definition) is 4. The third kappa shape index (κ3) is 62.4. The average Bonchev–Trinajstić information content (AvgIpc) is 0.804. The predicted molar refractivity (Wildman–Crippen MR) is 489 cm³/mol. The van der Waals surface area contributed by atoms with Gasteiger partial charge in [-0.1, -0.05) is 8.83 Å². The summed E-state index contributed by atoms with van der Waals surface area (Å²) < 4.78 is 339. The first-order valence-electron chi connectivity index (χ1n) is 36.6. The van der Waals surface area contributed by atoms with Gasteiger partial charge in [-0.2, -0.15) is 0 Å². The largest absolute Gasteiger partial charge is 0.443 e. The molecule has 54 nitrogen and oxygen atoms in total. The summed E-state index contributed by atoms with van der Waals surface area (Å²) in [4.78, 5) is 51.6. The zero-order valence-electron chi connectivity index (χ0n) is 81.9. The third-order valence-corrected chi connectivity index (χ3v) is 34.8. The fourth-order valence-electron chi connectivity index (χ4n) is 5.72. The molecule has 0 unspecified atom stereocenters. The quantitative estimate of drug-likeness (QED) is 0.0535. The maximum Gasteiger partial charge on any atom is 0.440 e. The summed E-state index contributed by atoms with van der Waals surface area (Å²) in [6, 6.07) is 0. The van der Waals surface area contributed by atoms with Crippen LogP contribution in [0.15, 0.2) is 0 Å². The molecular weight excluding hydrogens is 2000 g/mol. The molecule has 128 heavy (non-hydrogen) atoms. The minimum absolute atomic E-state index is 0.0631. The molecule has 4 amide bonds. The first kappa shape index (κ1) is 142. The number of hydrogen-bond acceptors (Lipinski definition) is 38. The van der Waals surface area contributed by atoms with Crippen molar-refractivity contribution < 1.29 is 156 Å². The van der Waals surface area contributed by atoms with E-state index in [0.717, 1.165) is 82.4 Å². The Morgan fingerprint density at radius 2 is 0.555 bits per heavy atom. The van der Waals surface area contributed by atoms with Crippen LogP contribution in [0, 0.1) is 0 Å². The van der Waals surface area contributed by atoms with Crippen LogP contribution in [0.1, 0.15) is 166 Å². The summed E-state index contributed by atoms with van der Waals surface area (Å²) in [5, 5.41) is 4.60. The smallest absolute Gasteiger partial charge is 0.440 e. The maximum absolute atomic E-state index is 12.0. The SMILES string of the molecule is CCS(=O)(=O)N(C)N(C(=O)OC(C)(C)C)S(=O)(=O)CC.CCS(=O)(=O)N(C)N(C)S(=O)(=O)CC.CCS(=O)(=O)NN(C)S(=O)(=O)CC.CN(C)N(C)C(=O)OC(C)(C)C.CN(C)NC(=O)OC(C)(C)C.CN(N(C(=O)OC(C)(C)C)S(C)(=O)=O)S(C)(=O)=O.CN(N(C)S(C)(=O)=O)S(C)(=O)=O.CN(NS(=O)(=O)C(C)(C)C)S(=O)(=O)C(C)(C)C.CN(NS(C)(=O)=O)S(C)(=O)=O. The fraction of sp³-hybridized carbons (Fsp3) is 0.933. The number of nitrogens with zero attached hydrogens (tertiary/aromatic N) is 14. The van der Waals surface area contributed by atoms with Crippen LogP contribution in [0.3, 0.4) is 0 Å². The Morgan fingerprint density at radius 3 is 0.766 bits per heavy atom. The van der Waals surface area contributed by atoms with Crippen LogP contribution in [0.25, 0.3) is 0 Å². The third-order valence-electron chi connectivity index (χ3n) is 13.5. The molecule has 0 saturated heterocycles. The maximum atomic E-state index is 12.0. The number of carbonyl (C=O) groups is 4. The molecule has 0 bridgehead atoms. The number of nitrogens with one attached hydrogen (secondary N) is 4. The van der Waals surface area contributed by atoms with Crippen molar-refractivity contribution in [2.24, 2.45) is 0 Å². The Balaban J connectivity index is -0.000000179. The van der Waals surface area contributed by atoms with Gasteiger partial charge in [0.15, 0.2) is 0 Å². The highest BCUT2D eigenvalue weighted by atomic mass is 32.3. The first-order chi connectivity index (χ1) is 55.2. The van der Waals surface area contributed by atoms with Crippen molar-refractivity contribution in [1.29, 1.82) is 0 Å². The first-order valence-corrected chi connectivity index (χ1v) is 60.4. The van der Waals surface area contributed by atoms with Gasteiger partial charge in [0.25, 0.3) is 20.0 Å². The summed E-state index contributed by atoms with van der Waals surface area (Å²) in [5.74, 6) is -1.34. The van der Waals surface area contributed by atoms with Crippen molar-refractivity contribution in [3.05, 3.63) is 0 Å². The second-order valence-electron chi connectivity index (χ2n) is 32.3. The van der Waals surface area contributed by atoms with Crippen molar-refractivity contribution in [3.8, 4) is 0 Å². The van der Waals surface area contributed by atoms with Gasteiger partial charge in [0.1, 0.15) is 22.4 Å². The van der Waals surface area contributed by atoms with E-state index in [2.05, 4.69) is 10.3 Å². The van der Waals surface area contributed by atoms with Gasteiger partial charge in [-0.3, -0.25) is 5.43 Å². The highest BCUT2D eigenvalue weighted by Gasteiger charge is 2.42. The van der Waals surface area contributed by atoms with Crippen molar-refractivity contribution in [3.63, 3.8) is 0 Å². The van der Waals surface area contributed by atoms with Crippen LogP contribution < -0.4 is 19.9 Å². The Hall–Kier alpha value is -4.18. The number of rotatable bonds is 29. The van der Waals surface area contributed by atoms with E-state index in [4.69, 9.17) is 18.9 Å². The van der Waals surface area contributed by atoms with E-state index in [1.54, 1.807) is 65.8 Å². The summed E-state index contributed by atoms with van der Waals surface area (Å²) in [6.07, 6.45) is 1.80. The molecular formula is C60H148N18O36S14. The average molecular weight is 2150 g/mol. The number of ether oxygens (including phenoxy) is 4. The van der Waals surface area contributed by atoms with Gasteiger partial charge in [0.2, 0.25) is 120 Å². The van der Waals surface area contributed by atoms with Gasteiger partial charge < -0.3 is 18.9 Å². The molecule has 0 rings (SSSR count). The summed E-state index contributed by atoms with van der Waals surface area (Å²) >= 11 is 0. The molecule has 0 heterocycles. The van der Waals surface area contributed by atoms with E-state index in [-0.39, 0.29) is 43.7 Å². The lowest BCUT2D eigenvalue weighted by atomic mass is 10.2. The Labute approximate surface area is 767 Å². The number of hydrazine groups is 9. The summed E-state index contributed by atoms with van der Waals surface area (Å²) in [5.41, 5.74) is -0.283.